The first-order valence-electron chi connectivity index (χ1n) is 6.63. The van der Waals surface area contributed by atoms with Crippen LogP contribution in [0.4, 0.5) is 0 Å². The van der Waals surface area contributed by atoms with Gasteiger partial charge in [0.25, 0.3) is 5.91 Å². The lowest BCUT2D eigenvalue weighted by Crippen LogP contribution is -2.30. The molecule has 7 nitrogen and oxygen atoms in total. The molecule has 1 aliphatic heterocycles. The van der Waals surface area contributed by atoms with E-state index in [0.717, 1.165) is 6.42 Å². The van der Waals surface area contributed by atoms with Crippen molar-refractivity contribution in [3.8, 4) is 11.8 Å². The van der Waals surface area contributed by atoms with Crippen molar-refractivity contribution in [3.05, 3.63) is 36.3 Å². The Balaban J connectivity index is 1.58. The average Bonchev–Trinajstić information content (AvgIpc) is 3.19. The second-order valence-electron chi connectivity index (χ2n) is 4.67. The van der Waals surface area contributed by atoms with Gasteiger partial charge in [-0.3, -0.25) is 4.79 Å². The summed E-state index contributed by atoms with van der Waals surface area (Å²) in [6.45, 7) is 1.14. The molecule has 3 heterocycles. The van der Waals surface area contributed by atoms with E-state index in [1.54, 1.807) is 29.2 Å². The number of carbonyl (C=O) groups excluding carboxylic acids is 1. The van der Waals surface area contributed by atoms with E-state index in [1.807, 2.05) is 0 Å². The number of likely N-dealkylation sites (tertiary alicyclic amines) is 1. The van der Waals surface area contributed by atoms with Crippen molar-refractivity contribution in [3.63, 3.8) is 0 Å². The van der Waals surface area contributed by atoms with Crippen LogP contribution < -0.4 is 9.47 Å². The second-order valence-corrected chi connectivity index (χ2v) is 4.67. The standard InChI is InChI=1S/C14H15N3O4/c1-19-12-4-5-13(16-15-12)21-10-6-7-17(9-10)14(18)11-3-2-8-20-11/h2-5,8,10H,6-7,9H2,1H3. The highest BCUT2D eigenvalue weighted by Crippen LogP contribution is 2.19. The molecule has 7 heteroatoms. The van der Waals surface area contributed by atoms with Crippen LogP contribution in [0.15, 0.2) is 34.9 Å². The summed E-state index contributed by atoms with van der Waals surface area (Å²) in [6.07, 6.45) is 2.15. The predicted octanol–water partition coefficient (Wildman–Crippen LogP) is 1.37. The fraction of sp³-hybridized carbons (Fsp3) is 0.357. The van der Waals surface area contributed by atoms with Crippen LogP contribution in [0.2, 0.25) is 0 Å². The third-order valence-corrected chi connectivity index (χ3v) is 3.28. The number of furan rings is 1. The van der Waals surface area contributed by atoms with Crippen LogP contribution in [0.5, 0.6) is 11.8 Å². The highest BCUT2D eigenvalue weighted by atomic mass is 16.5. The number of hydrogen-bond donors (Lipinski definition) is 0. The Bertz CT molecular complexity index is 597. The topological polar surface area (TPSA) is 77.7 Å². The third-order valence-electron chi connectivity index (χ3n) is 3.28. The second kappa shape index (κ2) is 5.82. The Morgan fingerprint density at radius 2 is 2.14 bits per heavy atom. The monoisotopic (exact) mass is 289 g/mol. The maximum absolute atomic E-state index is 12.1. The summed E-state index contributed by atoms with van der Waals surface area (Å²) < 4.78 is 15.8. The van der Waals surface area contributed by atoms with Crippen LogP contribution in [-0.4, -0.2) is 47.3 Å². The maximum Gasteiger partial charge on any atom is 0.289 e. The van der Waals surface area contributed by atoms with Gasteiger partial charge < -0.3 is 18.8 Å². The zero-order valence-electron chi connectivity index (χ0n) is 11.6. The Morgan fingerprint density at radius 1 is 1.33 bits per heavy atom. The average molecular weight is 289 g/mol. The molecule has 2 aromatic heterocycles. The number of carbonyl (C=O) groups is 1. The van der Waals surface area contributed by atoms with Gasteiger partial charge in [-0.2, -0.15) is 0 Å². The van der Waals surface area contributed by atoms with Gasteiger partial charge in [-0.05, 0) is 12.1 Å². The summed E-state index contributed by atoms with van der Waals surface area (Å²) >= 11 is 0. The highest BCUT2D eigenvalue weighted by Gasteiger charge is 2.29. The maximum atomic E-state index is 12.1. The van der Waals surface area contributed by atoms with E-state index in [1.165, 1.54) is 13.4 Å². The smallest absolute Gasteiger partial charge is 0.289 e. The van der Waals surface area contributed by atoms with Crippen molar-refractivity contribution in [2.45, 2.75) is 12.5 Å². The summed E-state index contributed by atoms with van der Waals surface area (Å²) in [7, 11) is 1.53. The molecule has 1 unspecified atom stereocenters. The van der Waals surface area contributed by atoms with Gasteiger partial charge in [0, 0.05) is 25.1 Å². The molecule has 0 aliphatic carbocycles. The summed E-state index contributed by atoms with van der Waals surface area (Å²) in [6, 6.07) is 6.74. The molecule has 1 fully saturated rings. The number of nitrogens with zero attached hydrogens (tertiary/aromatic N) is 3. The minimum atomic E-state index is -0.119. The number of methoxy groups -OCH3 is 1. The SMILES string of the molecule is COc1ccc(OC2CCN(C(=O)c3ccco3)C2)nn1. The minimum Gasteiger partial charge on any atom is -0.480 e. The molecular weight excluding hydrogens is 274 g/mol. The van der Waals surface area contributed by atoms with E-state index in [4.69, 9.17) is 13.9 Å². The predicted molar refractivity (Wildman–Crippen MR) is 72.2 cm³/mol. The molecule has 1 saturated heterocycles. The normalized spacial score (nSPS) is 17.8. The van der Waals surface area contributed by atoms with Gasteiger partial charge in [0.1, 0.15) is 6.10 Å². The molecule has 0 saturated carbocycles. The zero-order valence-corrected chi connectivity index (χ0v) is 11.6. The fourth-order valence-electron chi connectivity index (χ4n) is 2.22. The molecule has 1 atom stereocenters. The van der Waals surface area contributed by atoms with Gasteiger partial charge in [0.2, 0.25) is 11.8 Å². The molecule has 0 bridgehead atoms. The van der Waals surface area contributed by atoms with Crippen LogP contribution in [-0.2, 0) is 0 Å². The lowest BCUT2D eigenvalue weighted by molar-refractivity contribution is 0.0739. The molecule has 21 heavy (non-hydrogen) atoms. The third kappa shape index (κ3) is 2.96. The van der Waals surface area contributed by atoms with E-state index in [-0.39, 0.29) is 12.0 Å². The van der Waals surface area contributed by atoms with Crippen LogP contribution in [0.3, 0.4) is 0 Å². The van der Waals surface area contributed by atoms with Crippen molar-refractivity contribution < 1.29 is 18.7 Å². The fourth-order valence-corrected chi connectivity index (χ4v) is 2.22. The first kappa shape index (κ1) is 13.4. The summed E-state index contributed by atoms with van der Waals surface area (Å²) in [5, 5.41) is 7.75. The van der Waals surface area contributed by atoms with Crippen LogP contribution >= 0.6 is 0 Å². The minimum absolute atomic E-state index is 0.0911. The van der Waals surface area contributed by atoms with Crippen molar-refractivity contribution in [1.82, 2.24) is 15.1 Å². The van der Waals surface area contributed by atoms with Gasteiger partial charge >= 0.3 is 0 Å². The molecule has 2 aromatic rings. The lowest BCUT2D eigenvalue weighted by atomic mass is 10.3. The molecule has 0 spiro atoms. The van der Waals surface area contributed by atoms with E-state index >= 15 is 0 Å². The number of amides is 1. The zero-order chi connectivity index (χ0) is 14.7. The van der Waals surface area contributed by atoms with Gasteiger partial charge in [-0.25, -0.2) is 0 Å². The number of rotatable bonds is 4. The Labute approximate surface area is 121 Å². The number of ether oxygens (including phenoxy) is 2. The first-order valence-corrected chi connectivity index (χ1v) is 6.63. The van der Waals surface area contributed by atoms with Crippen LogP contribution in [0.1, 0.15) is 17.0 Å². The Kier molecular flexibility index (Phi) is 3.72. The van der Waals surface area contributed by atoms with Gasteiger partial charge in [-0.15, -0.1) is 10.2 Å². The molecule has 1 aliphatic rings. The van der Waals surface area contributed by atoms with Gasteiger partial charge in [0.15, 0.2) is 5.76 Å². The van der Waals surface area contributed by atoms with Crippen molar-refractivity contribution >= 4 is 5.91 Å². The van der Waals surface area contributed by atoms with E-state index in [0.29, 0.717) is 30.6 Å². The molecule has 0 radical (unpaired) electrons. The van der Waals surface area contributed by atoms with Crippen LogP contribution in [0, 0.1) is 0 Å². The van der Waals surface area contributed by atoms with Crippen molar-refractivity contribution in [2.75, 3.05) is 20.2 Å². The largest absolute Gasteiger partial charge is 0.480 e. The highest BCUT2D eigenvalue weighted by molar-refractivity contribution is 5.91. The van der Waals surface area contributed by atoms with E-state index in [9.17, 15) is 4.79 Å². The van der Waals surface area contributed by atoms with Gasteiger partial charge in [0.05, 0.1) is 19.9 Å². The molecule has 1 amide bonds. The summed E-state index contributed by atoms with van der Waals surface area (Å²) in [5.41, 5.74) is 0. The van der Waals surface area contributed by atoms with Crippen molar-refractivity contribution in [2.24, 2.45) is 0 Å². The molecule has 3 rings (SSSR count). The molecule has 110 valence electrons. The Morgan fingerprint density at radius 3 is 2.81 bits per heavy atom. The number of hydrogen-bond acceptors (Lipinski definition) is 6. The van der Waals surface area contributed by atoms with E-state index in [2.05, 4.69) is 10.2 Å². The summed E-state index contributed by atoms with van der Waals surface area (Å²) in [4.78, 5) is 13.8. The lowest BCUT2D eigenvalue weighted by Gasteiger charge is -2.15. The Hall–Kier alpha value is -2.57. The molecule has 0 N–H and O–H groups in total. The van der Waals surface area contributed by atoms with Crippen molar-refractivity contribution in [1.29, 1.82) is 0 Å². The molecule has 0 aromatic carbocycles. The van der Waals surface area contributed by atoms with E-state index < -0.39 is 0 Å². The van der Waals surface area contributed by atoms with Crippen LogP contribution in [0.25, 0.3) is 0 Å². The first-order chi connectivity index (χ1) is 10.3. The quantitative estimate of drug-likeness (QED) is 0.846. The van der Waals surface area contributed by atoms with Gasteiger partial charge in [-0.1, -0.05) is 0 Å². The number of aromatic nitrogens is 2. The molecular formula is C14H15N3O4. The summed E-state index contributed by atoms with van der Waals surface area (Å²) in [5.74, 6) is 1.09.